The highest BCUT2D eigenvalue weighted by Gasteiger charge is 2.28. The first-order valence-corrected chi connectivity index (χ1v) is 8.38. The van der Waals surface area contributed by atoms with E-state index < -0.39 is 6.04 Å². The van der Waals surface area contributed by atoms with Crippen LogP contribution in [0.5, 0.6) is 0 Å². The molecule has 0 spiro atoms. The molecule has 23 heavy (non-hydrogen) atoms. The summed E-state index contributed by atoms with van der Waals surface area (Å²) in [5.74, 6) is 1.02. The molecule has 1 saturated heterocycles. The van der Waals surface area contributed by atoms with Crippen molar-refractivity contribution in [3.63, 3.8) is 0 Å². The molecule has 2 rings (SSSR count). The van der Waals surface area contributed by atoms with Gasteiger partial charge in [-0.1, -0.05) is 6.92 Å². The fourth-order valence-corrected chi connectivity index (χ4v) is 3.33. The average molecular weight is 317 g/mol. The summed E-state index contributed by atoms with van der Waals surface area (Å²) >= 11 is 0. The molecule has 5 heteroatoms. The lowest BCUT2D eigenvalue weighted by molar-refractivity contribution is -0.133. The third-order valence-corrected chi connectivity index (χ3v) is 4.87. The highest BCUT2D eigenvalue weighted by molar-refractivity contribution is 5.97. The van der Waals surface area contributed by atoms with Gasteiger partial charge in [0.25, 0.3) is 0 Å². The van der Waals surface area contributed by atoms with Crippen LogP contribution in [0.3, 0.4) is 0 Å². The molecule has 1 aliphatic heterocycles. The Labute approximate surface area is 138 Å². The summed E-state index contributed by atoms with van der Waals surface area (Å²) in [6.07, 6.45) is 5.85. The highest BCUT2D eigenvalue weighted by atomic mass is 16.2. The number of rotatable bonds is 5. The zero-order valence-electron chi connectivity index (χ0n) is 14.3. The number of pyridine rings is 1. The molecule has 2 heterocycles. The minimum Gasteiger partial charge on any atom is -0.341 e. The molecule has 1 aromatic rings. The molecule has 1 fully saturated rings. The van der Waals surface area contributed by atoms with Gasteiger partial charge >= 0.3 is 0 Å². The maximum Gasteiger partial charge on any atom is 0.239 e. The van der Waals surface area contributed by atoms with E-state index in [-0.39, 0.29) is 11.7 Å². The number of ketones is 1. The number of nitrogens with zero attached hydrogens (tertiary/aromatic N) is 2. The molecule has 1 amide bonds. The maximum atomic E-state index is 12.5. The van der Waals surface area contributed by atoms with Crippen LogP contribution in [-0.4, -0.2) is 40.7 Å². The van der Waals surface area contributed by atoms with E-state index in [0.29, 0.717) is 18.3 Å². The van der Waals surface area contributed by atoms with E-state index in [1.54, 1.807) is 25.4 Å². The van der Waals surface area contributed by atoms with Crippen molar-refractivity contribution in [3.05, 3.63) is 29.6 Å². The number of Topliss-reactive ketones (excluding diaryl/α,β-unsaturated/α-hetero) is 1. The molecule has 1 unspecified atom stereocenters. The summed E-state index contributed by atoms with van der Waals surface area (Å²) in [6.45, 7) is 7.29. The summed E-state index contributed by atoms with van der Waals surface area (Å²) in [5.41, 5.74) is 7.37. The van der Waals surface area contributed by atoms with Gasteiger partial charge in [-0.05, 0) is 50.2 Å². The van der Waals surface area contributed by atoms with Crippen LogP contribution < -0.4 is 5.73 Å². The molecule has 126 valence electrons. The van der Waals surface area contributed by atoms with Crippen LogP contribution >= 0.6 is 0 Å². The maximum absolute atomic E-state index is 12.5. The van der Waals surface area contributed by atoms with Crippen LogP contribution in [0.4, 0.5) is 0 Å². The van der Waals surface area contributed by atoms with Gasteiger partial charge < -0.3 is 10.6 Å². The number of carbonyl (C=O) groups excluding carboxylic acids is 2. The van der Waals surface area contributed by atoms with Gasteiger partial charge in [-0.15, -0.1) is 0 Å². The number of hydrogen-bond acceptors (Lipinski definition) is 4. The third kappa shape index (κ3) is 4.38. The number of aromatic nitrogens is 1. The van der Waals surface area contributed by atoms with E-state index in [9.17, 15) is 9.59 Å². The highest BCUT2D eigenvalue weighted by Crippen LogP contribution is 2.28. The van der Waals surface area contributed by atoms with Gasteiger partial charge in [-0.3, -0.25) is 14.6 Å². The lowest BCUT2D eigenvalue weighted by Gasteiger charge is -2.35. The Hall–Kier alpha value is -1.75. The Kier molecular flexibility index (Phi) is 5.88. The predicted octanol–water partition coefficient (Wildman–Crippen LogP) is 2.18. The summed E-state index contributed by atoms with van der Waals surface area (Å²) in [6, 6.07) is 1.37. The lowest BCUT2D eigenvalue weighted by atomic mass is 9.81. The normalized spacial score (nSPS) is 18.5. The van der Waals surface area contributed by atoms with E-state index in [0.717, 1.165) is 37.1 Å². The molecule has 0 saturated carbocycles. The molecular weight excluding hydrogens is 290 g/mol. The minimum absolute atomic E-state index is 0.0274. The Balaban J connectivity index is 1.88. The van der Waals surface area contributed by atoms with Gasteiger partial charge in [-0.2, -0.15) is 0 Å². The molecule has 0 aromatic carbocycles. The smallest absolute Gasteiger partial charge is 0.239 e. The van der Waals surface area contributed by atoms with E-state index in [1.807, 2.05) is 11.8 Å². The molecule has 1 aromatic heterocycles. The number of likely N-dealkylation sites (tertiary alicyclic amines) is 1. The molecule has 2 N–H and O–H groups in total. The van der Waals surface area contributed by atoms with E-state index in [4.69, 9.17) is 5.73 Å². The van der Waals surface area contributed by atoms with Crippen molar-refractivity contribution in [1.82, 2.24) is 9.88 Å². The van der Waals surface area contributed by atoms with E-state index in [2.05, 4.69) is 11.9 Å². The molecule has 2 atom stereocenters. The second-order valence-electron chi connectivity index (χ2n) is 6.75. The van der Waals surface area contributed by atoms with Crippen molar-refractivity contribution in [2.24, 2.45) is 17.6 Å². The fourth-order valence-electron chi connectivity index (χ4n) is 3.33. The van der Waals surface area contributed by atoms with E-state index in [1.165, 1.54) is 0 Å². The zero-order valence-corrected chi connectivity index (χ0v) is 14.3. The van der Waals surface area contributed by atoms with Crippen LogP contribution in [0.1, 0.15) is 49.0 Å². The minimum atomic E-state index is -0.430. The number of aryl methyl sites for hydroxylation is 1. The molecule has 1 aliphatic rings. The number of amides is 1. The Morgan fingerprint density at radius 2 is 2.00 bits per heavy atom. The number of piperidine rings is 1. The summed E-state index contributed by atoms with van der Waals surface area (Å²) in [5, 5.41) is 0. The second kappa shape index (κ2) is 7.68. The first-order chi connectivity index (χ1) is 10.9. The van der Waals surface area contributed by atoms with E-state index >= 15 is 0 Å². The van der Waals surface area contributed by atoms with Crippen LogP contribution in [0.2, 0.25) is 0 Å². The quantitative estimate of drug-likeness (QED) is 0.845. The van der Waals surface area contributed by atoms with Crippen molar-refractivity contribution in [3.8, 4) is 0 Å². The first-order valence-electron chi connectivity index (χ1n) is 8.38. The van der Waals surface area contributed by atoms with Crippen molar-refractivity contribution in [1.29, 1.82) is 0 Å². The largest absolute Gasteiger partial charge is 0.341 e. The molecular formula is C18H27N3O2. The molecule has 5 nitrogen and oxygen atoms in total. The van der Waals surface area contributed by atoms with Crippen LogP contribution in [0.15, 0.2) is 18.5 Å². The summed E-state index contributed by atoms with van der Waals surface area (Å²) in [7, 11) is 0. The van der Waals surface area contributed by atoms with Crippen LogP contribution in [0, 0.1) is 18.8 Å². The van der Waals surface area contributed by atoms with Crippen molar-refractivity contribution >= 4 is 11.7 Å². The zero-order chi connectivity index (χ0) is 17.0. The number of hydrogen-bond donors (Lipinski definition) is 1. The van der Waals surface area contributed by atoms with Crippen molar-refractivity contribution in [2.75, 3.05) is 13.1 Å². The van der Waals surface area contributed by atoms with Crippen molar-refractivity contribution < 1.29 is 9.59 Å². The first kappa shape index (κ1) is 17.6. The Morgan fingerprint density at radius 3 is 2.57 bits per heavy atom. The van der Waals surface area contributed by atoms with Gasteiger partial charge in [0.2, 0.25) is 5.91 Å². The van der Waals surface area contributed by atoms with Crippen LogP contribution in [-0.2, 0) is 4.79 Å². The Bertz CT molecular complexity index is 563. The predicted molar refractivity (Wildman–Crippen MR) is 90.0 cm³/mol. The summed E-state index contributed by atoms with van der Waals surface area (Å²) in [4.78, 5) is 30.3. The molecule has 0 bridgehead atoms. The standard InChI is InChI=1S/C18H27N3O2/c1-12(10-17(22)16-4-7-20-11-13(16)2)15-5-8-21(9-6-15)18(23)14(3)19/h4,7,11-12,14-15H,5-6,8-10,19H2,1-3H3/t12?,14-/m0/s1. The Morgan fingerprint density at radius 1 is 1.35 bits per heavy atom. The van der Waals surface area contributed by atoms with Crippen LogP contribution in [0.25, 0.3) is 0 Å². The molecule has 0 aliphatic carbocycles. The average Bonchev–Trinajstić information content (AvgIpc) is 2.54. The SMILES string of the molecule is Cc1cnccc1C(=O)CC(C)C1CCN(C(=O)[C@H](C)N)CC1. The third-order valence-electron chi connectivity index (χ3n) is 4.87. The number of carbonyl (C=O) groups is 2. The summed E-state index contributed by atoms with van der Waals surface area (Å²) < 4.78 is 0. The molecule has 0 radical (unpaired) electrons. The van der Waals surface area contributed by atoms with Gasteiger partial charge in [0.1, 0.15) is 0 Å². The lowest BCUT2D eigenvalue weighted by Crippen LogP contribution is -2.46. The van der Waals surface area contributed by atoms with Gasteiger partial charge in [0.15, 0.2) is 5.78 Å². The fraction of sp³-hybridized carbons (Fsp3) is 0.611. The second-order valence-corrected chi connectivity index (χ2v) is 6.75. The van der Waals surface area contributed by atoms with Gasteiger partial charge in [-0.25, -0.2) is 0 Å². The monoisotopic (exact) mass is 317 g/mol. The van der Waals surface area contributed by atoms with Gasteiger partial charge in [0, 0.05) is 37.5 Å². The number of nitrogens with two attached hydrogens (primary N) is 1. The van der Waals surface area contributed by atoms with Crippen molar-refractivity contribution in [2.45, 2.75) is 46.1 Å². The van der Waals surface area contributed by atoms with Gasteiger partial charge in [0.05, 0.1) is 6.04 Å². The topological polar surface area (TPSA) is 76.3 Å².